The molecule has 3 heterocycles. The Labute approximate surface area is 253 Å². The molecule has 4 N–H and O–H groups in total. The van der Waals surface area contributed by atoms with Crippen LogP contribution in [0, 0.1) is 0 Å². The summed E-state index contributed by atoms with van der Waals surface area (Å²) in [6.45, 7) is 11.5. The van der Waals surface area contributed by atoms with E-state index in [9.17, 15) is 19.5 Å². The van der Waals surface area contributed by atoms with Gasteiger partial charge in [0.05, 0.1) is 12.6 Å². The molecule has 0 spiro atoms. The SMILES string of the molecule is CC(C)(C)OC(=O)N1CCN(CCNC(=O)CNc2cc(C(=O)NC[C@H](O)CN3CCc4ccccc4C3)ncn2)CC1. The van der Waals surface area contributed by atoms with Crippen LogP contribution in [0.15, 0.2) is 36.7 Å². The number of anilines is 1. The Balaban J connectivity index is 1.10. The van der Waals surface area contributed by atoms with E-state index in [0.717, 1.165) is 19.5 Å². The van der Waals surface area contributed by atoms with Gasteiger partial charge >= 0.3 is 6.09 Å². The van der Waals surface area contributed by atoms with Crippen molar-refractivity contribution >= 4 is 23.7 Å². The van der Waals surface area contributed by atoms with Crippen molar-refractivity contribution in [1.82, 2.24) is 35.3 Å². The number of hydrogen-bond acceptors (Lipinski definition) is 10. The topological polar surface area (TPSA) is 152 Å². The van der Waals surface area contributed by atoms with Crippen LogP contribution in [-0.4, -0.2) is 125 Å². The second kappa shape index (κ2) is 15.1. The Bertz CT molecular complexity index is 1250. The van der Waals surface area contributed by atoms with Crippen LogP contribution in [0.2, 0.25) is 0 Å². The first kappa shape index (κ1) is 32.1. The van der Waals surface area contributed by atoms with E-state index in [0.29, 0.717) is 51.6 Å². The molecule has 13 heteroatoms. The summed E-state index contributed by atoms with van der Waals surface area (Å²) in [5.41, 5.74) is 2.24. The highest BCUT2D eigenvalue weighted by atomic mass is 16.6. The first-order valence-corrected chi connectivity index (χ1v) is 14.8. The quantitative estimate of drug-likeness (QED) is 0.292. The number of amides is 3. The highest BCUT2D eigenvalue weighted by molar-refractivity contribution is 5.93. The van der Waals surface area contributed by atoms with E-state index in [1.54, 1.807) is 4.90 Å². The van der Waals surface area contributed by atoms with E-state index in [2.05, 4.69) is 47.9 Å². The van der Waals surface area contributed by atoms with Crippen molar-refractivity contribution in [1.29, 1.82) is 0 Å². The number of nitrogens with zero attached hydrogens (tertiary/aromatic N) is 5. The second-order valence-electron chi connectivity index (χ2n) is 11.9. The Morgan fingerprint density at radius 1 is 1.00 bits per heavy atom. The number of fused-ring (bicyclic) bond motifs is 1. The van der Waals surface area contributed by atoms with Crippen molar-refractivity contribution in [3.8, 4) is 0 Å². The van der Waals surface area contributed by atoms with E-state index >= 15 is 0 Å². The van der Waals surface area contributed by atoms with Gasteiger partial charge in [0.1, 0.15) is 23.4 Å². The molecule has 2 aliphatic rings. The average Bonchev–Trinajstić information content (AvgIpc) is 2.98. The fraction of sp³-hybridized carbons (Fsp3) is 0.567. The lowest BCUT2D eigenvalue weighted by atomic mass is 10.00. The molecule has 1 fully saturated rings. The summed E-state index contributed by atoms with van der Waals surface area (Å²) in [4.78, 5) is 51.4. The van der Waals surface area contributed by atoms with Crippen molar-refractivity contribution in [2.24, 2.45) is 0 Å². The maximum Gasteiger partial charge on any atom is 0.410 e. The molecule has 0 saturated carbocycles. The van der Waals surface area contributed by atoms with Crippen molar-refractivity contribution in [2.45, 2.75) is 45.4 Å². The molecule has 2 aromatic rings. The lowest BCUT2D eigenvalue weighted by Gasteiger charge is -2.35. The Morgan fingerprint density at radius 2 is 1.74 bits per heavy atom. The van der Waals surface area contributed by atoms with Gasteiger partial charge in [-0.15, -0.1) is 0 Å². The van der Waals surface area contributed by atoms with E-state index in [1.165, 1.54) is 23.5 Å². The molecule has 1 atom stereocenters. The molecule has 0 radical (unpaired) electrons. The third kappa shape index (κ3) is 10.4. The maximum absolute atomic E-state index is 12.6. The molecule has 1 aromatic heterocycles. The molecule has 13 nitrogen and oxygen atoms in total. The minimum absolute atomic E-state index is 0.0117. The smallest absolute Gasteiger partial charge is 0.410 e. The van der Waals surface area contributed by atoms with Crippen molar-refractivity contribution < 1.29 is 24.2 Å². The van der Waals surface area contributed by atoms with Gasteiger partial charge in [0.2, 0.25) is 5.91 Å². The van der Waals surface area contributed by atoms with Crippen molar-refractivity contribution in [3.05, 3.63) is 53.5 Å². The number of rotatable bonds is 11. The van der Waals surface area contributed by atoms with Gasteiger partial charge in [-0.05, 0) is 38.3 Å². The Kier molecular flexibility index (Phi) is 11.3. The lowest BCUT2D eigenvalue weighted by Crippen LogP contribution is -2.51. The zero-order valence-electron chi connectivity index (χ0n) is 25.3. The molecule has 1 aromatic carbocycles. The number of β-amino-alcohol motifs (C(OH)–C–C–N with tert-alkyl or cyclic N) is 1. The fourth-order valence-electron chi connectivity index (χ4n) is 5.02. The molecule has 1 saturated heterocycles. The number of ether oxygens (including phenoxy) is 1. The summed E-state index contributed by atoms with van der Waals surface area (Å²) < 4.78 is 5.43. The van der Waals surface area contributed by atoms with Crippen LogP contribution in [0.25, 0.3) is 0 Å². The first-order valence-electron chi connectivity index (χ1n) is 14.8. The number of aliphatic hydroxyl groups is 1. The molecule has 3 amide bonds. The predicted molar refractivity (Wildman–Crippen MR) is 162 cm³/mol. The van der Waals surface area contributed by atoms with E-state index in [-0.39, 0.29) is 30.8 Å². The van der Waals surface area contributed by atoms with Gasteiger partial charge in [-0.1, -0.05) is 24.3 Å². The molecule has 4 rings (SSSR count). The molecule has 0 unspecified atom stereocenters. The summed E-state index contributed by atoms with van der Waals surface area (Å²) in [6, 6.07) is 9.79. The highest BCUT2D eigenvalue weighted by Crippen LogP contribution is 2.18. The monoisotopic (exact) mass is 596 g/mol. The van der Waals surface area contributed by atoms with Crippen LogP contribution < -0.4 is 16.0 Å². The van der Waals surface area contributed by atoms with Gasteiger partial charge in [0.25, 0.3) is 5.91 Å². The van der Waals surface area contributed by atoms with Gasteiger partial charge in [-0.3, -0.25) is 19.4 Å². The van der Waals surface area contributed by atoms with Gasteiger partial charge in [0, 0.05) is 71.5 Å². The number of piperazine rings is 1. The summed E-state index contributed by atoms with van der Waals surface area (Å²) in [5.74, 6) is -0.286. The van der Waals surface area contributed by atoms with Crippen molar-refractivity contribution in [3.63, 3.8) is 0 Å². The summed E-state index contributed by atoms with van der Waals surface area (Å²) in [7, 11) is 0. The third-order valence-corrected chi connectivity index (χ3v) is 7.28. The van der Waals surface area contributed by atoms with Gasteiger partial charge in [-0.2, -0.15) is 0 Å². The minimum Gasteiger partial charge on any atom is -0.444 e. The van der Waals surface area contributed by atoms with Gasteiger partial charge in [-0.25, -0.2) is 14.8 Å². The number of nitrogens with one attached hydrogen (secondary N) is 3. The third-order valence-electron chi connectivity index (χ3n) is 7.28. The van der Waals surface area contributed by atoms with E-state index in [4.69, 9.17) is 4.74 Å². The molecule has 2 aliphatic heterocycles. The molecule has 43 heavy (non-hydrogen) atoms. The summed E-state index contributed by atoms with van der Waals surface area (Å²) in [5, 5.41) is 19.0. The van der Waals surface area contributed by atoms with Crippen LogP contribution in [-0.2, 0) is 22.5 Å². The molecular formula is C30H44N8O5. The van der Waals surface area contributed by atoms with Crippen LogP contribution >= 0.6 is 0 Å². The second-order valence-corrected chi connectivity index (χ2v) is 11.9. The standard InChI is InChI=1S/C30H44N8O5/c1-30(2,3)43-29(42)38-14-12-36(13-15-38)11-9-31-27(40)18-32-26-16-25(34-21-35-26)28(41)33-17-24(39)20-37-10-8-22-6-4-5-7-23(22)19-37/h4-7,16,21,24,39H,8-15,17-20H2,1-3H3,(H,31,40)(H,33,41)(H,32,34,35)/t24-/m0/s1. The number of carbonyl (C=O) groups is 3. The lowest BCUT2D eigenvalue weighted by molar-refractivity contribution is -0.119. The summed E-state index contributed by atoms with van der Waals surface area (Å²) in [6.07, 6.45) is 1.19. The van der Waals surface area contributed by atoms with Gasteiger partial charge < -0.3 is 30.7 Å². The van der Waals surface area contributed by atoms with Crippen LogP contribution in [0.4, 0.5) is 10.6 Å². The minimum atomic E-state index is -0.716. The average molecular weight is 597 g/mol. The predicted octanol–water partition coefficient (Wildman–Crippen LogP) is 0.706. The normalized spacial score (nSPS) is 16.6. The molecule has 0 bridgehead atoms. The Hall–Kier alpha value is -3.81. The molecular weight excluding hydrogens is 552 g/mol. The number of benzene rings is 1. The van der Waals surface area contributed by atoms with Crippen LogP contribution in [0.5, 0.6) is 0 Å². The van der Waals surface area contributed by atoms with Gasteiger partial charge in [0.15, 0.2) is 0 Å². The number of aliphatic hydroxyl groups excluding tert-OH is 1. The zero-order chi connectivity index (χ0) is 30.8. The zero-order valence-corrected chi connectivity index (χ0v) is 25.3. The summed E-state index contributed by atoms with van der Waals surface area (Å²) >= 11 is 0. The first-order chi connectivity index (χ1) is 20.6. The maximum atomic E-state index is 12.6. The largest absolute Gasteiger partial charge is 0.444 e. The van der Waals surface area contributed by atoms with Crippen LogP contribution in [0.1, 0.15) is 42.4 Å². The molecule has 0 aliphatic carbocycles. The number of hydrogen-bond donors (Lipinski definition) is 4. The highest BCUT2D eigenvalue weighted by Gasteiger charge is 2.26. The van der Waals surface area contributed by atoms with E-state index in [1.807, 2.05) is 32.9 Å². The number of carbonyl (C=O) groups excluding carboxylic acids is 3. The van der Waals surface area contributed by atoms with Crippen LogP contribution in [0.3, 0.4) is 0 Å². The number of aromatic nitrogens is 2. The fourth-order valence-corrected chi connectivity index (χ4v) is 5.02. The molecule has 234 valence electrons. The van der Waals surface area contributed by atoms with E-state index < -0.39 is 17.6 Å². The Morgan fingerprint density at radius 3 is 2.49 bits per heavy atom. The van der Waals surface area contributed by atoms with Crippen molar-refractivity contribution in [2.75, 3.05) is 70.8 Å².